The zero-order valence-electron chi connectivity index (χ0n) is 44.4. The molecule has 0 aromatic rings. The summed E-state index contributed by atoms with van der Waals surface area (Å²) >= 11 is 0. The van der Waals surface area contributed by atoms with E-state index in [1.54, 1.807) is 0 Å². The van der Waals surface area contributed by atoms with Crippen LogP contribution in [0.15, 0.2) is 60.8 Å². The second-order valence-corrected chi connectivity index (χ2v) is 19.2. The zero-order valence-corrected chi connectivity index (χ0v) is 44.4. The average molecular weight is 938 g/mol. The average Bonchev–Trinajstić information content (AvgIpc) is 3.33. The minimum absolute atomic E-state index is 0.0779. The predicted molar refractivity (Wildman–Crippen MR) is 288 cm³/mol. The van der Waals surface area contributed by atoms with E-state index in [1.807, 2.05) is 0 Å². The van der Waals surface area contributed by atoms with Crippen molar-refractivity contribution in [3.05, 3.63) is 60.8 Å². The molecule has 0 amide bonds. The molecule has 0 saturated heterocycles. The van der Waals surface area contributed by atoms with Gasteiger partial charge in [-0.05, 0) is 89.9 Å². The maximum Gasteiger partial charge on any atom is 0.306 e. The SMILES string of the molecule is CCCCC/C=C\C/C=C\C/C=C\CCCCCCCCC(=O)OCC(COC(=O)CCCCCCCCCCCCC)OC(=O)CCCCCCCCCCC/C=C\C/C=C\CCCCC. The molecule has 0 radical (unpaired) electrons. The predicted octanol–water partition coefficient (Wildman–Crippen LogP) is 19.2. The van der Waals surface area contributed by atoms with Crippen LogP contribution in [0.25, 0.3) is 0 Å². The van der Waals surface area contributed by atoms with Crippen LogP contribution in [0.4, 0.5) is 0 Å². The van der Waals surface area contributed by atoms with Crippen LogP contribution in [0.1, 0.15) is 290 Å². The third-order valence-electron chi connectivity index (χ3n) is 12.5. The summed E-state index contributed by atoms with van der Waals surface area (Å²) in [7, 11) is 0. The van der Waals surface area contributed by atoms with E-state index in [1.165, 1.54) is 167 Å². The molecule has 6 heteroatoms. The van der Waals surface area contributed by atoms with Gasteiger partial charge in [0.15, 0.2) is 6.10 Å². The highest BCUT2D eigenvalue weighted by molar-refractivity contribution is 5.71. The van der Waals surface area contributed by atoms with Crippen molar-refractivity contribution < 1.29 is 28.6 Å². The number of esters is 3. The van der Waals surface area contributed by atoms with Gasteiger partial charge in [-0.1, -0.05) is 242 Å². The molecule has 1 atom stereocenters. The zero-order chi connectivity index (χ0) is 48.6. The molecule has 0 rings (SSSR count). The van der Waals surface area contributed by atoms with Crippen LogP contribution in [0, 0.1) is 0 Å². The fourth-order valence-corrected chi connectivity index (χ4v) is 8.13. The third kappa shape index (κ3) is 53.9. The molecule has 0 aromatic carbocycles. The Hall–Kier alpha value is -2.89. The molecule has 0 aliphatic carbocycles. The lowest BCUT2D eigenvalue weighted by atomic mass is 10.1. The molecule has 0 saturated carbocycles. The van der Waals surface area contributed by atoms with Crippen molar-refractivity contribution in [1.82, 2.24) is 0 Å². The highest BCUT2D eigenvalue weighted by Gasteiger charge is 2.19. The molecule has 0 aliphatic rings. The molecule has 0 bridgehead atoms. The lowest BCUT2D eigenvalue weighted by molar-refractivity contribution is -0.167. The number of ether oxygens (including phenoxy) is 3. The van der Waals surface area contributed by atoms with Gasteiger partial charge in [0.1, 0.15) is 13.2 Å². The fourth-order valence-electron chi connectivity index (χ4n) is 8.13. The van der Waals surface area contributed by atoms with E-state index in [2.05, 4.69) is 81.5 Å². The summed E-state index contributed by atoms with van der Waals surface area (Å²) in [6.45, 7) is 6.59. The lowest BCUT2D eigenvalue weighted by Crippen LogP contribution is -2.30. The highest BCUT2D eigenvalue weighted by Crippen LogP contribution is 2.15. The first-order valence-corrected chi connectivity index (χ1v) is 28.8. The topological polar surface area (TPSA) is 78.9 Å². The van der Waals surface area contributed by atoms with Crippen molar-refractivity contribution in [3.63, 3.8) is 0 Å². The van der Waals surface area contributed by atoms with Gasteiger partial charge in [0.25, 0.3) is 0 Å². The number of unbranched alkanes of at least 4 members (excludes halogenated alkanes) is 31. The number of carbonyl (C=O) groups excluding carboxylic acids is 3. The number of allylic oxidation sites excluding steroid dienone is 10. The number of carbonyl (C=O) groups is 3. The minimum Gasteiger partial charge on any atom is -0.462 e. The minimum atomic E-state index is -0.780. The molecular weight excluding hydrogens is 829 g/mol. The van der Waals surface area contributed by atoms with Crippen LogP contribution >= 0.6 is 0 Å². The van der Waals surface area contributed by atoms with E-state index in [0.717, 1.165) is 83.5 Å². The molecule has 0 spiro atoms. The summed E-state index contributed by atoms with van der Waals surface area (Å²) in [6.07, 6.45) is 69.2. The van der Waals surface area contributed by atoms with Crippen molar-refractivity contribution in [2.75, 3.05) is 13.2 Å². The van der Waals surface area contributed by atoms with Gasteiger partial charge >= 0.3 is 17.9 Å². The summed E-state index contributed by atoms with van der Waals surface area (Å²) in [5.74, 6) is -0.885. The third-order valence-corrected chi connectivity index (χ3v) is 12.5. The Labute approximate surface area is 415 Å². The first-order chi connectivity index (χ1) is 33.0. The number of rotatable bonds is 52. The van der Waals surface area contributed by atoms with Gasteiger partial charge in [-0.3, -0.25) is 14.4 Å². The van der Waals surface area contributed by atoms with Gasteiger partial charge < -0.3 is 14.2 Å². The van der Waals surface area contributed by atoms with Gasteiger partial charge in [0.2, 0.25) is 0 Å². The van der Waals surface area contributed by atoms with Gasteiger partial charge in [0, 0.05) is 19.3 Å². The Morgan fingerprint density at radius 1 is 0.299 bits per heavy atom. The van der Waals surface area contributed by atoms with E-state index in [4.69, 9.17) is 14.2 Å². The maximum atomic E-state index is 12.9. The monoisotopic (exact) mass is 937 g/mol. The first-order valence-electron chi connectivity index (χ1n) is 28.8. The summed E-state index contributed by atoms with van der Waals surface area (Å²) in [4.78, 5) is 38.1. The largest absolute Gasteiger partial charge is 0.462 e. The van der Waals surface area contributed by atoms with Crippen molar-refractivity contribution in [2.45, 2.75) is 297 Å². The molecule has 1 unspecified atom stereocenters. The quantitative estimate of drug-likeness (QED) is 0.0262. The van der Waals surface area contributed by atoms with Crippen LogP contribution in [0.2, 0.25) is 0 Å². The Kier molecular flexibility index (Phi) is 53.3. The van der Waals surface area contributed by atoms with E-state index in [9.17, 15) is 14.4 Å². The van der Waals surface area contributed by atoms with E-state index < -0.39 is 6.10 Å². The fraction of sp³-hybridized carbons (Fsp3) is 0.787. The Morgan fingerprint density at radius 3 is 0.866 bits per heavy atom. The number of hydrogen-bond acceptors (Lipinski definition) is 6. The summed E-state index contributed by atoms with van der Waals surface area (Å²) in [5, 5.41) is 0. The molecule has 6 nitrogen and oxygen atoms in total. The van der Waals surface area contributed by atoms with E-state index in [0.29, 0.717) is 19.3 Å². The van der Waals surface area contributed by atoms with Gasteiger partial charge in [-0.25, -0.2) is 0 Å². The molecule has 388 valence electrons. The van der Waals surface area contributed by atoms with Gasteiger partial charge in [-0.2, -0.15) is 0 Å². The second kappa shape index (κ2) is 55.7. The molecule has 0 fully saturated rings. The molecule has 0 aliphatic heterocycles. The van der Waals surface area contributed by atoms with E-state index in [-0.39, 0.29) is 31.1 Å². The smallest absolute Gasteiger partial charge is 0.306 e. The highest BCUT2D eigenvalue weighted by atomic mass is 16.6. The lowest BCUT2D eigenvalue weighted by Gasteiger charge is -2.18. The first kappa shape index (κ1) is 64.1. The summed E-state index contributed by atoms with van der Waals surface area (Å²) in [5.41, 5.74) is 0. The van der Waals surface area contributed by atoms with Crippen molar-refractivity contribution in [1.29, 1.82) is 0 Å². The van der Waals surface area contributed by atoms with Crippen LogP contribution in [0.5, 0.6) is 0 Å². The summed E-state index contributed by atoms with van der Waals surface area (Å²) < 4.78 is 16.9. The van der Waals surface area contributed by atoms with Crippen molar-refractivity contribution in [3.8, 4) is 0 Å². The normalized spacial score (nSPS) is 12.5. The molecule has 0 aromatic heterocycles. The van der Waals surface area contributed by atoms with Gasteiger partial charge in [-0.15, -0.1) is 0 Å². The van der Waals surface area contributed by atoms with Gasteiger partial charge in [0.05, 0.1) is 0 Å². The molecule has 0 heterocycles. The molecular formula is C61H108O6. The Balaban J connectivity index is 4.35. The van der Waals surface area contributed by atoms with Crippen LogP contribution in [-0.2, 0) is 28.6 Å². The Morgan fingerprint density at radius 2 is 0.537 bits per heavy atom. The molecule has 67 heavy (non-hydrogen) atoms. The second-order valence-electron chi connectivity index (χ2n) is 19.2. The number of hydrogen-bond donors (Lipinski definition) is 0. The molecule has 0 N–H and O–H groups in total. The Bertz CT molecular complexity index is 1210. The summed E-state index contributed by atoms with van der Waals surface area (Å²) in [6, 6.07) is 0. The van der Waals surface area contributed by atoms with Crippen molar-refractivity contribution in [2.24, 2.45) is 0 Å². The van der Waals surface area contributed by atoms with Crippen LogP contribution in [0.3, 0.4) is 0 Å². The van der Waals surface area contributed by atoms with Crippen LogP contribution < -0.4 is 0 Å². The van der Waals surface area contributed by atoms with E-state index >= 15 is 0 Å². The van der Waals surface area contributed by atoms with Crippen LogP contribution in [-0.4, -0.2) is 37.2 Å². The van der Waals surface area contributed by atoms with Crippen molar-refractivity contribution >= 4 is 17.9 Å². The maximum absolute atomic E-state index is 12.9. The standard InChI is InChI=1S/C61H108O6/c1-4-7-10-13-16-19-22-24-26-28-30-32-34-36-39-42-45-48-51-54-60(63)66-57-58(56-65-59(62)53-50-47-44-41-38-21-18-15-12-9-6-3)67-61(64)55-52-49-46-43-40-37-35-33-31-29-27-25-23-20-17-14-11-8-5-2/h16-17,19-20,24-27,30,32,58H,4-15,18,21-23,28-29,31,33-57H2,1-3H3/b19-16-,20-17-,26-24-,27-25-,32-30-.